The molecule has 5 aromatic rings. The third kappa shape index (κ3) is 3.35. The van der Waals surface area contributed by atoms with Gasteiger partial charge in [0, 0.05) is 23.9 Å². The molecule has 0 saturated heterocycles. The summed E-state index contributed by atoms with van der Waals surface area (Å²) in [6, 6.07) is 20.8. The van der Waals surface area contributed by atoms with Gasteiger partial charge in [0.2, 0.25) is 0 Å². The highest BCUT2D eigenvalue weighted by atomic mass is 19.1. The highest BCUT2D eigenvalue weighted by Gasteiger charge is 2.35. The van der Waals surface area contributed by atoms with Crippen molar-refractivity contribution in [2.24, 2.45) is 0 Å². The van der Waals surface area contributed by atoms with Gasteiger partial charge in [-0.3, -0.25) is 9.20 Å². The van der Waals surface area contributed by atoms with Gasteiger partial charge in [0.25, 0.3) is 5.91 Å². The molecular weight excluding hydrogens is 431 g/mol. The number of nitrogens with zero attached hydrogens (tertiary/aromatic N) is 5. The summed E-state index contributed by atoms with van der Waals surface area (Å²) < 4.78 is 18.2. The van der Waals surface area contributed by atoms with E-state index in [0.717, 1.165) is 11.1 Å². The minimum Gasteiger partial charge on any atom is -0.320 e. The first kappa shape index (κ1) is 20.3. The molecule has 168 valence electrons. The lowest BCUT2D eigenvalue weighted by atomic mass is 10.0. The molecule has 0 spiro atoms. The number of aryl methyl sites for hydroxylation is 1. The smallest absolute Gasteiger partial charge is 0.274 e. The maximum atomic E-state index is 14.8. The van der Waals surface area contributed by atoms with Crippen molar-refractivity contribution in [2.75, 3.05) is 5.32 Å². The standard InChI is InChI=1S/C26H21FN6O/c1-16-10-11-18(13-20(16)29-26(34)22-15-28-23-9-5-6-12-32(22)23)24-30-25-19(27)14-21(33(25)31-24)17-7-3-2-4-8-17/h2-13,15,19,21H,14H2,1H3,(H,29,34)/t19-,21-/m1/s1. The Kier molecular flexibility index (Phi) is 4.72. The number of imidazole rings is 1. The molecule has 3 aromatic heterocycles. The van der Waals surface area contributed by atoms with Crippen molar-refractivity contribution in [1.29, 1.82) is 0 Å². The lowest BCUT2D eigenvalue weighted by Gasteiger charge is -2.12. The zero-order valence-corrected chi connectivity index (χ0v) is 18.4. The number of amides is 1. The lowest BCUT2D eigenvalue weighted by molar-refractivity contribution is 0.102. The third-order valence-corrected chi connectivity index (χ3v) is 6.24. The Morgan fingerprint density at radius 3 is 2.76 bits per heavy atom. The van der Waals surface area contributed by atoms with Crippen LogP contribution in [-0.4, -0.2) is 30.1 Å². The van der Waals surface area contributed by atoms with E-state index in [1.54, 1.807) is 21.5 Å². The Hall–Kier alpha value is -4.33. The van der Waals surface area contributed by atoms with E-state index < -0.39 is 6.17 Å². The summed E-state index contributed by atoms with van der Waals surface area (Å²) in [7, 11) is 0. The molecule has 1 amide bonds. The first-order valence-corrected chi connectivity index (χ1v) is 11.1. The first-order chi connectivity index (χ1) is 16.6. The van der Waals surface area contributed by atoms with Gasteiger partial charge >= 0.3 is 0 Å². The molecule has 34 heavy (non-hydrogen) atoms. The van der Waals surface area contributed by atoms with Crippen LogP contribution in [0.15, 0.2) is 79.1 Å². The van der Waals surface area contributed by atoms with Crippen LogP contribution >= 0.6 is 0 Å². The van der Waals surface area contributed by atoms with Gasteiger partial charge in [-0.1, -0.05) is 48.5 Å². The highest BCUT2D eigenvalue weighted by molar-refractivity contribution is 6.04. The number of hydrogen-bond donors (Lipinski definition) is 1. The Labute approximate surface area is 194 Å². The number of pyridine rings is 1. The number of fused-ring (bicyclic) bond motifs is 2. The number of aromatic nitrogens is 5. The molecule has 0 unspecified atom stereocenters. The molecule has 2 aromatic carbocycles. The van der Waals surface area contributed by atoms with Crippen LogP contribution in [0.25, 0.3) is 17.0 Å². The van der Waals surface area contributed by atoms with E-state index in [1.807, 2.05) is 73.7 Å². The Balaban J connectivity index is 1.32. The lowest BCUT2D eigenvalue weighted by Crippen LogP contribution is -2.15. The molecule has 1 aliphatic heterocycles. The highest BCUT2D eigenvalue weighted by Crippen LogP contribution is 2.40. The van der Waals surface area contributed by atoms with Gasteiger partial charge < -0.3 is 5.32 Å². The molecule has 0 bridgehead atoms. The minimum absolute atomic E-state index is 0.188. The number of carbonyl (C=O) groups excluding carboxylic acids is 1. The molecule has 8 heteroatoms. The minimum atomic E-state index is -1.17. The van der Waals surface area contributed by atoms with E-state index in [2.05, 4.69) is 20.4 Å². The fraction of sp³-hybridized carbons (Fsp3) is 0.154. The van der Waals surface area contributed by atoms with E-state index >= 15 is 0 Å². The fourth-order valence-corrected chi connectivity index (χ4v) is 4.44. The van der Waals surface area contributed by atoms with E-state index in [1.165, 1.54) is 0 Å². The van der Waals surface area contributed by atoms with Crippen molar-refractivity contribution in [3.8, 4) is 11.4 Å². The van der Waals surface area contributed by atoms with Crippen LogP contribution in [0, 0.1) is 6.92 Å². The summed E-state index contributed by atoms with van der Waals surface area (Å²) in [5.41, 5.74) is 4.38. The summed E-state index contributed by atoms with van der Waals surface area (Å²) in [5.74, 6) is 0.497. The molecule has 1 aliphatic rings. The monoisotopic (exact) mass is 452 g/mol. The number of alkyl halides is 1. The van der Waals surface area contributed by atoms with Gasteiger partial charge in [-0.15, -0.1) is 0 Å². The molecule has 7 nitrogen and oxygen atoms in total. The van der Waals surface area contributed by atoms with Gasteiger partial charge in [-0.2, -0.15) is 5.10 Å². The predicted octanol–water partition coefficient (Wildman–Crippen LogP) is 5.16. The van der Waals surface area contributed by atoms with Gasteiger partial charge in [-0.05, 0) is 36.2 Å². The Morgan fingerprint density at radius 1 is 1.09 bits per heavy atom. The fourth-order valence-electron chi connectivity index (χ4n) is 4.44. The predicted molar refractivity (Wildman–Crippen MR) is 126 cm³/mol. The zero-order valence-electron chi connectivity index (χ0n) is 18.4. The summed E-state index contributed by atoms with van der Waals surface area (Å²) in [4.78, 5) is 21.8. The average molecular weight is 452 g/mol. The molecule has 0 saturated carbocycles. The van der Waals surface area contributed by atoms with Crippen molar-refractivity contribution in [1.82, 2.24) is 24.1 Å². The number of nitrogens with one attached hydrogen (secondary N) is 1. The normalized spacial score (nSPS) is 17.1. The van der Waals surface area contributed by atoms with Gasteiger partial charge in [0.1, 0.15) is 11.3 Å². The van der Waals surface area contributed by atoms with Crippen molar-refractivity contribution in [3.05, 3.63) is 102 Å². The summed E-state index contributed by atoms with van der Waals surface area (Å²) >= 11 is 0. The van der Waals surface area contributed by atoms with Crippen LogP contribution in [0.1, 0.15) is 46.1 Å². The molecule has 1 N–H and O–H groups in total. The van der Waals surface area contributed by atoms with Crippen LogP contribution in [0.4, 0.5) is 10.1 Å². The van der Waals surface area contributed by atoms with Crippen LogP contribution in [-0.2, 0) is 0 Å². The number of halogens is 1. The summed E-state index contributed by atoms with van der Waals surface area (Å²) in [6.07, 6.45) is 2.50. The molecule has 6 rings (SSSR count). The maximum absolute atomic E-state index is 14.8. The molecule has 0 aliphatic carbocycles. The van der Waals surface area contributed by atoms with Gasteiger partial charge in [-0.25, -0.2) is 19.0 Å². The average Bonchev–Trinajstić information content (AvgIpc) is 3.56. The first-order valence-electron chi connectivity index (χ1n) is 11.1. The molecule has 2 atom stereocenters. The topological polar surface area (TPSA) is 77.1 Å². The van der Waals surface area contributed by atoms with Crippen molar-refractivity contribution >= 4 is 17.2 Å². The van der Waals surface area contributed by atoms with Crippen molar-refractivity contribution in [3.63, 3.8) is 0 Å². The molecule has 0 fully saturated rings. The number of benzene rings is 2. The summed E-state index contributed by atoms with van der Waals surface area (Å²) in [5, 5.41) is 7.62. The largest absolute Gasteiger partial charge is 0.320 e. The van der Waals surface area contributed by atoms with E-state index in [9.17, 15) is 9.18 Å². The third-order valence-electron chi connectivity index (χ3n) is 6.24. The quantitative estimate of drug-likeness (QED) is 0.409. The van der Waals surface area contributed by atoms with Crippen LogP contribution in [0.3, 0.4) is 0 Å². The SMILES string of the molecule is Cc1ccc(-c2nc3n(n2)[C@@H](c2ccccc2)C[C@H]3F)cc1NC(=O)c1cnc2ccccn12. The second-order valence-corrected chi connectivity index (χ2v) is 8.42. The molecule has 4 heterocycles. The number of rotatable bonds is 4. The Bertz CT molecular complexity index is 1520. The molecular formula is C26H21FN6O. The van der Waals surface area contributed by atoms with Gasteiger partial charge in [0.15, 0.2) is 17.8 Å². The second-order valence-electron chi connectivity index (χ2n) is 8.42. The van der Waals surface area contributed by atoms with E-state index in [0.29, 0.717) is 40.7 Å². The van der Waals surface area contributed by atoms with Crippen molar-refractivity contribution < 1.29 is 9.18 Å². The number of carbonyl (C=O) groups is 1. The van der Waals surface area contributed by atoms with Crippen LogP contribution in [0.5, 0.6) is 0 Å². The van der Waals surface area contributed by atoms with Crippen LogP contribution in [0.2, 0.25) is 0 Å². The van der Waals surface area contributed by atoms with E-state index in [-0.39, 0.29) is 11.9 Å². The van der Waals surface area contributed by atoms with Gasteiger partial charge in [0.05, 0.1) is 12.2 Å². The number of hydrogen-bond acceptors (Lipinski definition) is 4. The molecule has 0 radical (unpaired) electrons. The van der Waals surface area contributed by atoms with Crippen molar-refractivity contribution in [2.45, 2.75) is 25.6 Å². The Morgan fingerprint density at radius 2 is 1.91 bits per heavy atom. The number of anilines is 1. The zero-order chi connectivity index (χ0) is 23.2. The van der Waals surface area contributed by atoms with E-state index in [4.69, 9.17) is 0 Å². The van der Waals surface area contributed by atoms with Crippen LogP contribution < -0.4 is 5.32 Å². The maximum Gasteiger partial charge on any atom is 0.274 e. The second kappa shape index (κ2) is 7.91. The summed E-state index contributed by atoms with van der Waals surface area (Å²) in [6.45, 7) is 1.91.